The first kappa shape index (κ1) is 20.5. The van der Waals surface area contributed by atoms with Crippen molar-refractivity contribution < 1.29 is 31.5 Å². The molecule has 2 aliphatic rings. The molecule has 146 valence electrons. The summed E-state index contributed by atoms with van der Waals surface area (Å²) in [6.07, 6.45) is -2.78. The van der Waals surface area contributed by atoms with E-state index in [1.54, 1.807) is 0 Å². The van der Waals surface area contributed by atoms with E-state index in [9.17, 15) is 21.6 Å². The lowest BCUT2D eigenvalue weighted by molar-refractivity contribution is -0.192. The van der Waals surface area contributed by atoms with E-state index in [1.165, 1.54) is 11.8 Å². The standard InChI is InChI=1S/C14H20N2O2S.C2HF3O2/c1-3-14(12-8-15-9-13(12)14)10-5-4-6-11(7-10)16-19(2,17)18;3-2(4,5)1(6)7/h4-7,12-13,15-16H,3,8-9H2,1-2H3;(H,6,7). The fourth-order valence-corrected chi connectivity index (χ4v) is 4.45. The van der Waals surface area contributed by atoms with Crippen molar-refractivity contribution in [1.29, 1.82) is 0 Å². The third kappa shape index (κ3) is 4.29. The molecule has 3 rings (SSSR count). The zero-order valence-corrected chi connectivity index (χ0v) is 15.1. The number of halogens is 3. The number of benzene rings is 1. The van der Waals surface area contributed by atoms with Crippen LogP contribution < -0.4 is 10.0 Å². The van der Waals surface area contributed by atoms with Crippen molar-refractivity contribution in [2.45, 2.75) is 24.9 Å². The molecule has 0 amide bonds. The number of carboxylic acids is 1. The molecule has 6 nitrogen and oxygen atoms in total. The molecule has 26 heavy (non-hydrogen) atoms. The number of fused-ring (bicyclic) bond motifs is 1. The molecule has 0 bridgehead atoms. The van der Waals surface area contributed by atoms with Crippen molar-refractivity contribution in [3.05, 3.63) is 29.8 Å². The van der Waals surface area contributed by atoms with Crippen LogP contribution in [0.1, 0.15) is 18.9 Å². The highest BCUT2D eigenvalue weighted by molar-refractivity contribution is 7.92. The molecule has 3 N–H and O–H groups in total. The summed E-state index contributed by atoms with van der Waals surface area (Å²) in [6, 6.07) is 7.89. The van der Waals surface area contributed by atoms with E-state index in [1.807, 2.05) is 18.2 Å². The van der Waals surface area contributed by atoms with Gasteiger partial charge >= 0.3 is 12.1 Å². The Morgan fingerprint density at radius 3 is 2.31 bits per heavy atom. The lowest BCUT2D eigenvalue weighted by Gasteiger charge is -2.21. The summed E-state index contributed by atoms with van der Waals surface area (Å²) in [5, 5.41) is 10.5. The summed E-state index contributed by atoms with van der Waals surface area (Å²) in [6.45, 7) is 4.40. The maximum Gasteiger partial charge on any atom is 0.490 e. The zero-order chi connectivity index (χ0) is 19.8. The average molecular weight is 394 g/mol. The Morgan fingerprint density at radius 2 is 1.88 bits per heavy atom. The topological polar surface area (TPSA) is 95.5 Å². The second kappa shape index (κ2) is 7.07. The summed E-state index contributed by atoms with van der Waals surface area (Å²) in [5.41, 5.74) is 2.21. The number of piperidine rings is 1. The van der Waals surface area contributed by atoms with E-state index >= 15 is 0 Å². The molecular formula is C16H21F3N2O4S. The van der Waals surface area contributed by atoms with Gasteiger partial charge in [-0.05, 0) is 49.0 Å². The van der Waals surface area contributed by atoms with Gasteiger partial charge in [0.25, 0.3) is 0 Å². The Morgan fingerprint density at radius 1 is 1.35 bits per heavy atom. The largest absolute Gasteiger partial charge is 0.490 e. The quantitative estimate of drug-likeness (QED) is 0.728. The molecule has 1 saturated carbocycles. The van der Waals surface area contributed by atoms with Crippen LogP contribution in [0, 0.1) is 11.8 Å². The molecule has 0 aromatic heterocycles. The van der Waals surface area contributed by atoms with Gasteiger partial charge in [-0.1, -0.05) is 19.1 Å². The number of carboxylic acid groups (broad SMARTS) is 1. The van der Waals surface area contributed by atoms with Crippen LogP contribution in [0.15, 0.2) is 24.3 Å². The predicted molar refractivity (Wildman–Crippen MR) is 90.4 cm³/mol. The molecule has 1 aliphatic carbocycles. The van der Waals surface area contributed by atoms with Gasteiger partial charge in [0.2, 0.25) is 10.0 Å². The number of rotatable bonds is 4. The van der Waals surface area contributed by atoms with E-state index in [-0.39, 0.29) is 5.41 Å². The minimum Gasteiger partial charge on any atom is -0.475 e. The molecule has 1 aromatic carbocycles. The first-order chi connectivity index (χ1) is 11.9. The van der Waals surface area contributed by atoms with E-state index in [0.717, 1.165) is 19.5 Å². The molecule has 1 saturated heterocycles. The second-order valence-electron chi connectivity index (χ2n) is 6.52. The average Bonchev–Trinajstić information content (AvgIpc) is 2.86. The van der Waals surface area contributed by atoms with Gasteiger partial charge in [0, 0.05) is 11.1 Å². The van der Waals surface area contributed by atoms with Gasteiger partial charge in [0.15, 0.2) is 0 Å². The second-order valence-corrected chi connectivity index (χ2v) is 8.27. The summed E-state index contributed by atoms with van der Waals surface area (Å²) < 4.78 is 56.9. The number of hydrogen-bond donors (Lipinski definition) is 3. The molecule has 0 radical (unpaired) electrons. The van der Waals surface area contributed by atoms with Crippen LogP contribution in [0.4, 0.5) is 18.9 Å². The highest BCUT2D eigenvalue weighted by atomic mass is 32.2. The molecule has 1 aromatic rings. The van der Waals surface area contributed by atoms with Crippen LogP contribution in [0.3, 0.4) is 0 Å². The Bertz CT molecular complexity index is 770. The Labute approximate surface area is 149 Å². The summed E-state index contributed by atoms with van der Waals surface area (Å²) >= 11 is 0. The molecule has 1 heterocycles. The van der Waals surface area contributed by atoms with E-state index in [4.69, 9.17) is 9.90 Å². The van der Waals surface area contributed by atoms with Crippen LogP contribution in [0.5, 0.6) is 0 Å². The fraction of sp³-hybridized carbons (Fsp3) is 0.562. The predicted octanol–water partition coefficient (Wildman–Crippen LogP) is 2.19. The molecule has 0 spiro atoms. The van der Waals surface area contributed by atoms with Crippen molar-refractivity contribution in [2.75, 3.05) is 24.1 Å². The molecule has 1 aliphatic heterocycles. The highest BCUT2D eigenvalue weighted by Gasteiger charge is 2.65. The number of carbonyl (C=O) groups is 1. The van der Waals surface area contributed by atoms with Crippen LogP contribution >= 0.6 is 0 Å². The third-order valence-electron chi connectivity index (χ3n) is 4.96. The van der Waals surface area contributed by atoms with Crippen molar-refractivity contribution in [3.63, 3.8) is 0 Å². The minimum absolute atomic E-state index is 0.264. The highest BCUT2D eigenvalue weighted by Crippen LogP contribution is 2.63. The number of alkyl halides is 3. The maximum atomic E-state index is 11.3. The zero-order valence-electron chi connectivity index (χ0n) is 14.3. The first-order valence-electron chi connectivity index (χ1n) is 8.01. The summed E-state index contributed by atoms with van der Waals surface area (Å²) in [5.74, 6) is -1.33. The van der Waals surface area contributed by atoms with E-state index in [2.05, 4.69) is 23.0 Å². The normalized spacial score (nSPS) is 27.1. The van der Waals surface area contributed by atoms with Crippen LogP contribution in [-0.2, 0) is 20.2 Å². The van der Waals surface area contributed by atoms with Crippen LogP contribution in [-0.4, -0.2) is 45.0 Å². The maximum absolute atomic E-state index is 11.3. The SMILES string of the molecule is CCC1(c2cccc(NS(C)(=O)=O)c2)C2CNCC21.O=C(O)C(F)(F)F. The van der Waals surface area contributed by atoms with Gasteiger partial charge in [0.05, 0.1) is 6.26 Å². The Kier molecular flexibility index (Phi) is 5.57. The number of anilines is 1. The lowest BCUT2D eigenvalue weighted by Crippen LogP contribution is -2.25. The molecule has 2 fully saturated rings. The molecule has 10 heteroatoms. The van der Waals surface area contributed by atoms with E-state index in [0.29, 0.717) is 17.5 Å². The molecule has 2 atom stereocenters. The van der Waals surface area contributed by atoms with Gasteiger partial charge in [-0.15, -0.1) is 0 Å². The lowest BCUT2D eigenvalue weighted by atomic mass is 9.87. The van der Waals surface area contributed by atoms with Crippen molar-refractivity contribution in [1.82, 2.24) is 5.32 Å². The molecule has 2 unspecified atom stereocenters. The summed E-state index contributed by atoms with van der Waals surface area (Å²) in [7, 11) is -3.21. The van der Waals surface area contributed by atoms with Crippen LogP contribution in [0.2, 0.25) is 0 Å². The number of hydrogen-bond acceptors (Lipinski definition) is 4. The first-order valence-corrected chi connectivity index (χ1v) is 9.90. The Hall–Kier alpha value is -1.81. The number of sulfonamides is 1. The third-order valence-corrected chi connectivity index (χ3v) is 5.57. The van der Waals surface area contributed by atoms with Gasteiger partial charge in [-0.25, -0.2) is 13.2 Å². The van der Waals surface area contributed by atoms with E-state index < -0.39 is 22.2 Å². The van der Waals surface area contributed by atoms with Gasteiger partial charge < -0.3 is 10.4 Å². The minimum atomic E-state index is -5.08. The van der Waals surface area contributed by atoms with Crippen molar-refractivity contribution in [2.24, 2.45) is 11.8 Å². The number of nitrogens with one attached hydrogen (secondary N) is 2. The summed E-state index contributed by atoms with van der Waals surface area (Å²) in [4.78, 5) is 8.90. The fourth-order valence-electron chi connectivity index (χ4n) is 3.89. The van der Waals surface area contributed by atoms with Crippen molar-refractivity contribution >= 4 is 21.7 Å². The van der Waals surface area contributed by atoms with Gasteiger partial charge in [-0.3, -0.25) is 4.72 Å². The van der Waals surface area contributed by atoms with Gasteiger partial charge in [0.1, 0.15) is 0 Å². The van der Waals surface area contributed by atoms with Crippen LogP contribution in [0.25, 0.3) is 0 Å². The smallest absolute Gasteiger partial charge is 0.475 e. The van der Waals surface area contributed by atoms with Crippen molar-refractivity contribution in [3.8, 4) is 0 Å². The number of aliphatic carboxylic acids is 1. The Balaban J connectivity index is 0.000000298. The van der Waals surface area contributed by atoms with Gasteiger partial charge in [-0.2, -0.15) is 13.2 Å². The molecular weight excluding hydrogens is 373 g/mol. The monoisotopic (exact) mass is 394 g/mol.